The average Bonchev–Trinajstić information content (AvgIpc) is 3.51. The average molecular weight is 653 g/mol. The van der Waals surface area contributed by atoms with Gasteiger partial charge in [-0.1, -0.05) is 18.2 Å². The first-order valence-corrected chi connectivity index (χ1v) is 15.7. The zero-order valence-corrected chi connectivity index (χ0v) is 26.8. The van der Waals surface area contributed by atoms with Crippen molar-refractivity contribution in [1.82, 2.24) is 19.8 Å². The largest absolute Gasteiger partial charge is 0.349 e. The van der Waals surface area contributed by atoms with Gasteiger partial charge in [0.05, 0.1) is 11.0 Å². The van der Waals surface area contributed by atoms with E-state index in [9.17, 15) is 27.2 Å². The van der Waals surface area contributed by atoms with E-state index >= 15 is 0 Å². The first-order chi connectivity index (χ1) is 22.9. The quantitative estimate of drug-likeness (QED) is 0.187. The molecule has 0 fully saturated rings. The van der Waals surface area contributed by atoms with Crippen LogP contribution in [0.2, 0.25) is 0 Å². The van der Waals surface area contributed by atoms with Crippen LogP contribution in [-0.4, -0.2) is 34.0 Å². The molecule has 0 saturated carbocycles. The second-order valence-electron chi connectivity index (χ2n) is 12.4. The summed E-state index contributed by atoms with van der Waals surface area (Å²) in [5.74, 6) is -1.69. The molecule has 8 rings (SSSR count). The summed E-state index contributed by atoms with van der Waals surface area (Å²) in [5, 5.41) is 7.06. The molecular weight excluding hydrogens is 620 g/mol. The maximum atomic E-state index is 14.2. The Bertz CT molecular complexity index is 2170. The monoisotopic (exact) mass is 652 g/mol. The van der Waals surface area contributed by atoms with E-state index in [1.54, 1.807) is 38.1 Å². The summed E-state index contributed by atoms with van der Waals surface area (Å²) in [7, 11) is 0. The van der Waals surface area contributed by atoms with E-state index in [-0.39, 0.29) is 29.3 Å². The Balaban J connectivity index is 0.000000152. The van der Waals surface area contributed by atoms with Crippen LogP contribution in [0.5, 0.6) is 0 Å². The fraction of sp³-hybridized carbons (Fsp3) is 0.211. The zero-order chi connectivity index (χ0) is 34.0. The number of benzene rings is 4. The van der Waals surface area contributed by atoms with Crippen molar-refractivity contribution in [1.29, 1.82) is 0 Å². The Morgan fingerprint density at radius 3 is 1.52 bits per heavy atom. The van der Waals surface area contributed by atoms with E-state index in [1.807, 2.05) is 23.0 Å². The number of nitrogens with one attached hydrogen (secondary N) is 2. The van der Waals surface area contributed by atoms with Crippen molar-refractivity contribution in [3.8, 4) is 22.3 Å². The number of hydrogen-bond acceptors (Lipinski definition) is 2. The van der Waals surface area contributed by atoms with Gasteiger partial charge in [0.1, 0.15) is 34.7 Å². The molecule has 0 unspecified atom stereocenters. The van der Waals surface area contributed by atoms with Gasteiger partial charge in [0.2, 0.25) is 0 Å². The fourth-order valence-corrected chi connectivity index (χ4v) is 7.01. The third kappa shape index (κ3) is 5.03. The summed E-state index contributed by atoms with van der Waals surface area (Å²) in [4.78, 5) is 24.5. The van der Waals surface area contributed by atoms with Crippen LogP contribution in [0, 0.1) is 51.0 Å². The Hall–Kier alpha value is -5.38. The topological polar surface area (TPSA) is 68.1 Å². The van der Waals surface area contributed by atoms with Gasteiger partial charge in [0.15, 0.2) is 0 Å². The summed E-state index contributed by atoms with van der Waals surface area (Å²) in [6.45, 7) is 9.32. The maximum Gasteiger partial charge on any atom is 0.268 e. The molecule has 10 heteroatoms. The van der Waals surface area contributed by atoms with Gasteiger partial charge in [-0.05, 0) is 104 Å². The predicted octanol–water partition coefficient (Wildman–Crippen LogP) is 7.89. The Morgan fingerprint density at radius 2 is 1.04 bits per heavy atom. The molecule has 2 N–H and O–H groups in total. The van der Waals surface area contributed by atoms with Crippen molar-refractivity contribution in [3.05, 3.63) is 118 Å². The molecule has 2 aliphatic rings. The smallest absolute Gasteiger partial charge is 0.268 e. The molecule has 2 aromatic heterocycles. The first kappa shape index (κ1) is 31.2. The molecule has 0 radical (unpaired) electrons. The number of carbonyl (C=O) groups excluding carboxylic acids is 2. The maximum absolute atomic E-state index is 14.2. The normalized spacial score (nSPS) is 13.9. The van der Waals surface area contributed by atoms with E-state index < -0.39 is 5.82 Å². The number of carbonyl (C=O) groups is 2. The Morgan fingerprint density at radius 1 is 0.562 bits per heavy atom. The number of fused-ring (bicyclic) bond motifs is 6. The van der Waals surface area contributed by atoms with E-state index in [4.69, 9.17) is 0 Å². The lowest BCUT2D eigenvalue weighted by atomic mass is 9.99. The summed E-state index contributed by atoms with van der Waals surface area (Å²) in [6.07, 6.45) is 0. The van der Waals surface area contributed by atoms with Gasteiger partial charge in [-0.3, -0.25) is 9.59 Å². The van der Waals surface area contributed by atoms with Gasteiger partial charge < -0.3 is 19.8 Å². The number of amides is 2. The molecule has 244 valence electrons. The number of hydrogen-bond donors (Lipinski definition) is 2. The molecular formula is C38H32F4N4O2. The summed E-state index contributed by atoms with van der Waals surface area (Å²) in [6, 6.07) is 15.4. The van der Waals surface area contributed by atoms with Crippen LogP contribution in [0.1, 0.15) is 43.2 Å². The van der Waals surface area contributed by atoms with Gasteiger partial charge in [-0.2, -0.15) is 0 Å². The number of nitrogens with zero attached hydrogens (tertiary/aromatic N) is 2. The first-order valence-electron chi connectivity index (χ1n) is 15.7. The number of rotatable bonds is 2. The van der Waals surface area contributed by atoms with Crippen molar-refractivity contribution in [2.75, 3.05) is 13.1 Å². The van der Waals surface area contributed by atoms with Gasteiger partial charge in [0.25, 0.3) is 11.8 Å². The molecule has 0 atom stereocenters. The van der Waals surface area contributed by atoms with E-state index in [1.165, 1.54) is 36.4 Å². The number of aryl methyl sites for hydroxylation is 4. The third-order valence-corrected chi connectivity index (χ3v) is 9.37. The lowest BCUT2D eigenvalue weighted by Gasteiger charge is -2.18. The van der Waals surface area contributed by atoms with E-state index in [2.05, 4.69) is 10.6 Å². The molecule has 4 aromatic carbocycles. The van der Waals surface area contributed by atoms with Crippen LogP contribution < -0.4 is 10.6 Å². The van der Waals surface area contributed by atoms with Crippen molar-refractivity contribution >= 4 is 33.6 Å². The Labute approximate surface area is 274 Å². The highest BCUT2D eigenvalue weighted by Crippen LogP contribution is 2.38. The van der Waals surface area contributed by atoms with Crippen LogP contribution in [0.3, 0.4) is 0 Å². The SMILES string of the molecule is Cc1cc(-c2cc(F)cc3c(C)c4n(c23)CCNC4=O)ccc1F.Cc1ccc(-c2cc(F)cc3c(C)c4n(c23)CCNC4=O)cc1F. The molecule has 2 aliphatic heterocycles. The third-order valence-electron chi connectivity index (χ3n) is 9.37. The van der Waals surface area contributed by atoms with Crippen molar-refractivity contribution in [2.24, 2.45) is 0 Å². The minimum absolute atomic E-state index is 0.142. The van der Waals surface area contributed by atoms with Gasteiger partial charge >= 0.3 is 0 Å². The second kappa shape index (κ2) is 11.7. The minimum atomic E-state index is -0.398. The molecule has 6 aromatic rings. The van der Waals surface area contributed by atoms with Crippen LogP contribution >= 0.6 is 0 Å². The molecule has 6 nitrogen and oxygen atoms in total. The summed E-state index contributed by atoms with van der Waals surface area (Å²) >= 11 is 0. The molecule has 0 aliphatic carbocycles. The highest BCUT2D eigenvalue weighted by Gasteiger charge is 2.27. The van der Waals surface area contributed by atoms with Crippen molar-refractivity contribution in [3.63, 3.8) is 0 Å². The van der Waals surface area contributed by atoms with Gasteiger partial charge in [0, 0.05) is 48.1 Å². The molecule has 4 heterocycles. The van der Waals surface area contributed by atoms with E-state index in [0.717, 1.165) is 33.1 Å². The predicted molar refractivity (Wildman–Crippen MR) is 178 cm³/mol. The van der Waals surface area contributed by atoms with Crippen LogP contribution in [0.25, 0.3) is 44.1 Å². The molecule has 2 amide bonds. The fourth-order valence-electron chi connectivity index (χ4n) is 7.01. The summed E-state index contributed by atoms with van der Waals surface area (Å²) in [5.41, 5.74) is 7.91. The van der Waals surface area contributed by atoms with Crippen LogP contribution in [0.4, 0.5) is 17.6 Å². The van der Waals surface area contributed by atoms with Crippen molar-refractivity contribution < 1.29 is 27.2 Å². The second-order valence-corrected chi connectivity index (χ2v) is 12.4. The lowest BCUT2D eigenvalue weighted by Crippen LogP contribution is -2.35. The van der Waals surface area contributed by atoms with Gasteiger partial charge in [-0.25, -0.2) is 17.6 Å². The molecule has 0 bridgehead atoms. The molecule has 0 spiro atoms. The van der Waals surface area contributed by atoms with Crippen molar-refractivity contribution in [2.45, 2.75) is 40.8 Å². The summed E-state index contributed by atoms with van der Waals surface area (Å²) < 4.78 is 59.9. The standard InChI is InChI=1S/2C19H16F2N2O/c1-10-7-12(3-4-16(10)21)15-9-13(20)8-14-11(2)17-19(24)22-5-6-23(17)18(14)15;1-10-3-4-12(7-16(10)21)15-9-13(20)8-14-11(2)17-19(24)22-5-6-23(17)18(14)15/h2*3-4,7-9H,5-6H2,1-2H3,(H,22,24). The highest BCUT2D eigenvalue weighted by molar-refractivity contribution is 6.07. The van der Waals surface area contributed by atoms with E-state index in [0.29, 0.717) is 70.8 Å². The van der Waals surface area contributed by atoms with Gasteiger partial charge in [-0.15, -0.1) is 0 Å². The number of halogens is 4. The minimum Gasteiger partial charge on any atom is -0.349 e. The molecule has 0 saturated heterocycles. The lowest BCUT2D eigenvalue weighted by molar-refractivity contribution is 0.0920. The molecule has 48 heavy (non-hydrogen) atoms. The highest BCUT2D eigenvalue weighted by atomic mass is 19.1. The van der Waals surface area contributed by atoms with Crippen LogP contribution in [-0.2, 0) is 13.1 Å². The van der Waals surface area contributed by atoms with Crippen LogP contribution in [0.15, 0.2) is 60.7 Å². The zero-order valence-electron chi connectivity index (χ0n) is 26.8. The number of aromatic nitrogens is 2. The Kier molecular flexibility index (Phi) is 7.61.